The second-order valence-corrected chi connectivity index (χ2v) is 8.52. The normalized spacial score (nSPS) is 15.0. The molecule has 1 fully saturated rings. The first-order valence-electron chi connectivity index (χ1n) is 9.20. The quantitative estimate of drug-likeness (QED) is 0.776. The van der Waals surface area contributed by atoms with Gasteiger partial charge in [0.05, 0.1) is 11.4 Å². The molecule has 2 aromatic carbocycles. The molecule has 2 amide bonds. The number of anilines is 1. The number of rotatable bonds is 6. The summed E-state index contributed by atoms with van der Waals surface area (Å²) in [6, 6.07) is 14.7. The van der Waals surface area contributed by atoms with E-state index in [1.165, 1.54) is 16.4 Å². The Morgan fingerprint density at radius 1 is 0.893 bits per heavy atom. The van der Waals surface area contributed by atoms with Gasteiger partial charge in [-0.2, -0.15) is 4.31 Å². The maximum atomic E-state index is 12.6. The Morgan fingerprint density at radius 3 is 2.18 bits per heavy atom. The third-order valence-corrected chi connectivity index (χ3v) is 6.45. The van der Waals surface area contributed by atoms with Gasteiger partial charge >= 0.3 is 0 Å². The van der Waals surface area contributed by atoms with Crippen LogP contribution in [0.4, 0.5) is 5.69 Å². The van der Waals surface area contributed by atoms with Gasteiger partial charge in [-0.1, -0.05) is 24.6 Å². The number of sulfonamides is 1. The van der Waals surface area contributed by atoms with Crippen LogP contribution in [0.2, 0.25) is 0 Å². The Morgan fingerprint density at radius 2 is 1.54 bits per heavy atom. The molecule has 1 heterocycles. The number of piperidine rings is 1. The van der Waals surface area contributed by atoms with Crippen molar-refractivity contribution in [2.24, 2.45) is 0 Å². The first-order chi connectivity index (χ1) is 13.5. The van der Waals surface area contributed by atoms with Gasteiger partial charge in [0.25, 0.3) is 5.91 Å². The summed E-state index contributed by atoms with van der Waals surface area (Å²) in [5, 5.41) is 5.19. The molecule has 0 atom stereocenters. The minimum absolute atomic E-state index is 0.179. The SMILES string of the molecule is O=C(CNC(=O)c1ccccc1)Nc1ccc(S(=O)(=O)N2CCCCC2)cc1. The molecule has 0 aliphatic carbocycles. The van der Waals surface area contributed by atoms with Crippen molar-refractivity contribution >= 4 is 27.5 Å². The van der Waals surface area contributed by atoms with E-state index in [2.05, 4.69) is 10.6 Å². The van der Waals surface area contributed by atoms with Crippen LogP contribution in [0.15, 0.2) is 59.5 Å². The smallest absolute Gasteiger partial charge is 0.251 e. The Hall–Kier alpha value is -2.71. The van der Waals surface area contributed by atoms with Crippen molar-refractivity contribution in [2.75, 3.05) is 25.0 Å². The molecule has 1 saturated heterocycles. The van der Waals surface area contributed by atoms with Gasteiger partial charge in [-0.3, -0.25) is 9.59 Å². The van der Waals surface area contributed by atoms with E-state index in [1.807, 2.05) is 0 Å². The van der Waals surface area contributed by atoms with Gasteiger partial charge in [-0.25, -0.2) is 8.42 Å². The highest BCUT2D eigenvalue weighted by Crippen LogP contribution is 2.21. The van der Waals surface area contributed by atoms with E-state index in [0.29, 0.717) is 24.3 Å². The van der Waals surface area contributed by atoms with Gasteiger partial charge in [0.1, 0.15) is 0 Å². The third-order valence-electron chi connectivity index (χ3n) is 4.54. The molecule has 2 N–H and O–H groups in total. The Bertz CT molecular complexity index is 922. The first kappa shape index (κ1) is 20.0. The molecule has 0 radical (unpaired) electrons. The van der Waals surface area contributed by atoms with E-state index >= 15 is 0 Å². The lowest BCUT2D eigenvalue weighted by Crippen LogP contribution is -2.35. The molecule has 0 unspecified atom stereocenters. The molecule has 0 aromatic heterocycles. The molecule has 0 saturated carbocycles. The molecule has 3 rings (SSSR count). The van der Waals surface area contributed by atoms with Gasteiger partial charge in [-0.05, 0) is 49.2 Å². The average Bonchev–Trinajstić information content (AvgIpc) is 2.73. The van der Waals surface area contributed by atoms with E-state index in [1.54, 1.807) is 42.5 Å². The minimum Gasteiger partial charge on any atom is -0.343 e. The number of benzene rings is 2. The highest BCUT2D eigenvalue weighted by molar-refractivity contribution is 7.89. The van der Waals surface area contributed by atoms with Crippen LogP contribution in [0, 0.1) is 0 Å². The summed E-state index contributed by atoms with van der Waals surface area (Å²) in [6.45, 7) is 0.908. The summed E-state index contributed by atoms with van der Waals surface area (Å²) in [5.41, 5.74) is 0.944. The Balaban J connectivity index is 1.55. The van der Waals surface area contributed by atoms with E-state index in [9.17, 15) is 18.0 Å². The van der Waals surface area contributed by atoms with Crippen LogP contribution in [0.1, 0.15) is 29.6 Å². The lowest BCUT2D eigenvalue weighted by Gasteiger charge is -2.25. The van der Waals surface area contributed by atoms with Crippen LogP contribution in [-0.4, -0.2) is 44.2 Å². The minimum atomic E-state index is -3.50. The molecule has 7 nitrogen and oxygen atoms in total. The van der Waals surface area contributed by atoms with Crippen LogP contribution >= 0.6 is 0 Å². The summed E-state index contributed by atoms with van der Waals surface area (Å²) < 4.78 is 26.8. The highest BCUT2D eigenvalue weighted by atomic mass is 32.2. The van der Waals surface area contributed by atoms with Crippen LogP contribution in [-0.2, 0) is 14.8 Å². The van der Waals surface area contributed by atoms with E-state index in [4.69, 9.17) is 0 Å². The number of amides is 2. The van der Waals surface area contributed by atoms with Gasteiger partial charge in [0, 0.05) is 24.3 Å². The maximum Gasteiger partial charge on any atom is 0.251 e. The van der Waals surface area contributed by atoms with Crippen molar-refractivity contribution in [2.45, 2.75) is 24.2 Å². The monoisotopic (exact) mass is 401 g/mol. The fraction of sp³-hybridized carbons (Fsp3) is 0.300. The van der Waals surface area contributed by atoms with Crippen molar-refractivity contribution in [3.63, 3.8) is 0 Å². The van der Waals surface area contributed by atoms with Crippen molar-refractivity contribution < 1.29 is 18.0 Å². The fourth-order valence-corrected chi connectivity index (χ4v) is 4.54. The zero-order chi connectivity index (χ0) is 20.0. The topological polar surface area (TPSA) is 95.6 Å². The van der Waals surface area contributed by atoms with Crippen LogP contribution in [0.5, 0.6) is 0 Å². The summed E-state index contributed by atoms with van der Waals surface area (Å²) >= 11 is 0. The predicted octanol–water partition coefficient (Wildman–Crippen LogP) is 2.23. The van der Waals surface area contributed by atoms with Gasteiger partial charge in [-0.15, -0.1) is 0 Å². The zero-order valence-corrected chi connectivity index (χ0v) is 16.2. The predicted molar refractivity (Wildman–Crippen MR) is 106 cm³/mol. The van der Waals surface area contributed by atoms with Gasteiger partial charge < -0.3 is 10.6 Å². The first-order valence-corrected chi connectivity index (χ1v) is 10.6. The van der Waals surface area contributed by atoms with Crippen molar-refractivity contribution in [3.05, 3.63) is 60.2 Å². The molecule has 1 aliphatic rings. The van der Waals surface area contributed by atoms with Gasteiger partial charge in [0.15, 0.2) is 0 Å². The maximum absolute atomic E-state index is 12.6. The molecule has 148 valence electrons. The molecule has 28 heavy (non-hydrogen) atoms. The Labute approximate surface area is 164 Å². The molecule has 2 aromatic rings. The molecule has 0 bridgehead atoms. The van der Waals surface area contributed by atoms with Crippen molar-refractivity contribution in [1.29, 1.82) is 0 Å². The molecule has 0 spiro atoms. The Kier molecular flexibility index (Phi) is 6.43. The number of nitrogens with one attached hydrogen (secondary N) is 2. The highest BCUT2D eigenvalue weighted by Gasteiger charge is 2.25. The lowest BCUT2D eigenvalue weighted by molar-refractivity contribution is -0.115. The molecule has 8 heteroatoms. The van der Waals surface area contributed by atoms with Crippen LogP contribution in [0.3, 0.4) is 0 Å². The second-order valence-electron chi connectivity index (χ2n) is 6.59. The summed E-state index contributed by atoms with van der Waals surface area (Å²) in [6.07, 6.45) is 2.81. The number of hydrogen-bond donors (Lipinski definition) is 2. The number of nitrogens with zero attached hydrogens (tertiary/aromatic N) is 1. The molecular formula is C20H23N3O4S. The van der Waals surface area contributed by atoms with E-state index in [0.717, 1.165) is 19.3 Å². The summed E-state index contributed by atoms with van der Waals surface area (Å²) in [4.78, 5) is 24.2. The molecule has 1 aliphatic heterocycles. The summed E-state index contributed by atoms with van der Waals surface area (Å²) in [7, 11) is -3.50. The van der Waals surface area contributed by atoms with Crippen molar-refractivity contribution in [3.8, 4) is 0 Å². The van der Waals surface area contributed by atoms with Crippen LogP contribution < -0.4 is 10.6 Å². The molecular weight excluding hydrogens is 378 g/mol. The second kappa shape index (κ2) is 8.99. The zero-order valence-electron chi connectivity index (χ0n) is 15.4. The fourth-order valence-electron chi connectivity index (χ4n) is 3.02. The largest absolute Gasteiger partial charge is 0.343 e. The van der Waals surface area contributed by atoms with Crippen LogP contribution in [0.25, 0.3) is 0 Å². The lowest BCUT2D eigenvalue weighted by atomic mass is 10.2. The van der Waals surface area contributed by atoms with E-state index < -0.39 is 15.9 Å². The standard InChI is InChI=1S/C20H23N3O4S/c24-19(15-21-20(25)16-7-3-1-4-8-16)22-17-9-11-18(12-10-17)28(26,27)23-13-5-2-6-14-23/h1,3-4,7-12H,2,5-6,13-15H2,(H,21,25)(H,22,24). The number of hydrogen-bond acceptors (Lipinski definition) is 4. The number of carbonyl (C=O) groups is 2. The van der Waals surface area contributed by atoms with Crippen molar-refractivity contribution in [1.82, 2.24) is 9.62 Å². The number of carbonyl (C=O) groups excluding carboxylic acids is 2. The van der Waals surface area contributed by atoms with E-state index in [-0.39, 0.29) is 17.3 Å². The summed E-state index contributed by atoms with van der Waals surface area (Å²) in [5.74, 6) is -0.727. The van der Waals surface area contributed by atoms with Gasteiger partial charge in [0.2, 0.25) is 15.9 Å². The average molecular weight is 401 g/mol. The third kappa shape index (κ3) is 4.96.